The first-order valence-corrected chi connectivity index (χ1v) is 9.07. The van der Waals surface area contributed by atoms with E-state index in [0.717, 1.165) is 5.56 Å². The second-order valence-electron chi connectivity index (χ2n) is 5.00. The molecule has 0 unspecified atom stereocenters. The van der Waals surface area contributed by atoms with Gasteiger partial charge in [0.2, 0.25) is 10.0 Å². The van der Waals surface area contributed by atoms with Crippen molar-refractivity contribution in [2.75, 3.05) is 18.5 Å². The lowest BCUT2D eigenvalue weighted by atomic mass is 10.2. The standard InChI is InChI=1S/C17H20N2O4S/c1-2-23-17(20)19-15-8-10-16(11-9-15)24(21,22)18-13-12-14-6-4-3-5-7-14/h3-11,18H,2,12-13H2,1H3,(H,19,20). The molecule has 0 aliphatic heterocycles. The van der Waals surface area contributed by atoms with Gasteiger partial charge in [-0.25, -0.2) is 17.9 Å². The molecule has 7 heteroatoms. The highest BCUT2D eigenvalue weighted by Crippen LogP contribution is 2.14. The number of ether oxygens (including phenoxy) is 1. The molecule has 0 saturated carbocycles. The highest BCUT2D eigenvalue weighted by Gasteiger charge is 2.13. The fraction of sp³-hybridized carbons (Fsp3) is 0.235. The molecule has 0 atom stereocenters. The first-order valence-electron chi connectivity index (χ1n) is 7.58. The van der Waals surface area contributed by atoms with Crippen molar-refractivity contribution >= 4 is 21.8 Å². The number of rotatable bonds is 7. The maximum absolute atomic E-state index is 12.2. The van der Waals surface area contributed by atoms with E-state index in [1.165, 1.54) is 24.3 Å². The van der Waals surface area contributed by atoms with Gasteiger partial charge >= 0.3 is 6.09 Å². The summed E-state index contributed by atoms with van der Waals surface area (Å²) in [6.07, 6.45) is 0.0387. The van der Waals surface area contributed by atoms with Gasteiger partial charge in [-0.3, -0.25) is 5.32 Å². The molecule has 0 bridgehead atoms. The van der Waals surface area contributed by atoms with Gasteiger partial charge in [-0.2, -0.15) is 0 Å². The molecule has 6 nitrogen and oxygen atoms in total. The van der Waals surface area contributed by atoms with E-state index in [9.17, 15) is 13.2 Å². The first-order chi connectivity index (χ1) is 11.5. The van der Waals surface area contributed by atoms with Gasteiger partial charge in [0.15, 0.2) is 0 Å². The van der Waals surface area contributed by atoms with E-state index >= 15 is 0 Å². The molecule has 1 amide bonds. The zero-order valence-electron chi connectivity index (χ0n) is 13.4. The molecule has 2 N–H and O–H groups in total. The van der Waals surface area contributed by atoms with Gasteiger partial charge in [0, 0.05) is 12.2 Å². The fourth-order valence-corrected chi connectivity index (χ4v) is 3.09. The minimum atomic E-state index is -3.58. The molecular formula is C17H20N2O4S. The van der Waals surface area contributed by atoms with Crippen LogP contribution in [0.5, 0.6) is 0 Å². The lowest BCUT2D eigenvalue weighted by Crippen LogP contribution is -2.26. The summed E-state index contributed by atoms with van der Waals surface area (Å²) in [7, 11) is -3.58. The second kappa shape index (κ2) is 8.47. The van der Waals surface area contributed by atoms with E-state index in [-0.39, 0.29) is 11.5 Å². The Morgan fingerprint density at radius 2 is 1.71 bits per heavy atom. The maximum atomic E-state index is 12.2. The van der Waals surface area contributed by atoms with Crippen LogP contribution in [0.3, 0.4) is 0 Å². The Bertz CT molecular complexity index is 759. The third-order valence-electron chi connectivity index (χ3n) is 3.24. The van der Waals surface area contributed by atoms with Crippen LogP contribution in [-0.4, -0.2) is 27.7 Å². The van der Waals surface area contributed by atoms with Crippen LogP contribution < -0.4 is 10.0 Å². The number of hydrogen-bond acceptors (Lipinski definition) is 4. The highest BCUT2D eigenvalue weighted by atomic mass is 32.2. The molecule has 0 heterocycles. The largest absolute Gasteiger partial charge is 0.450 e. The number of carbonyl (C=O) groups is 1. The number of benzene rings is 2. The van der Waals surface area contributed by atoms with Crippen LogP contribution in [0.1, 0.15) is 12.5 Å². The molecule has 0 spiro atoms. The number of sulfonamides is 1. The summed E-state index contributed by atoms with van der Waals surface area (Å²) < 4.78 is 31.8. The molecule has 24 heavy (non-hydrogen) atoms. The van der Waals surface area contributed by atoms with E-state index in [2.05, 4.69) is 10.0 Å². The summed E-state index contributed by atoms with van der Waals surface area (Å²) in [4.78, 5) is 11.4. The third-order valence-corrected chi connectivity index (χ3v) is 4.71. The van der Waals surface area contributed by atoms with Gasteiger partial charge in [0.25, 0.3) is 0 Å². The van der Waals surface area contributed by atoms with Crippen LogP contribution >= 0.6 is 0 Å². The summed E-state index contributed by atoms with van der Waals surface area (Å²) in [5.74, 6) is 0. The van der Waals surface area contributed by atoms with Gasteiger partial charge in [-0.05, 0) is 43.2 Å². The van der Waals surface area contributed by atoms with Crippen LogP contribution in [0, 0.1) is 0 Å². The van der Waals surface area contributed by atoms with Crippen molar-refractivity contribution in [3.8, 4) is 0 Å². The number of carbonyl (C=O) groups excluding carboxylic acids is 1. The predicted octanol–water partition coefficient (Wildman–Crippen LogP) is 2.78. The maximum Gasteiger partial charge on any atom is 0.411 e. The second-order valence-corrected chi connectivity index (χ2v) is 6.77. The molecule has 2 aromatic rings. The van der Waals surface area contributed by atoms with Gasteiger partial charge in [0.1, 0.15) is 0 Å². The first kappa shape index (κ1) is 18.0. The summed E-state index contributed by atoms with van der Waals surface area (Å²) in [6.45, 7) is 2.29. The van der Waals surface area contributed by atoms with Crippen LogP contribution in [0.4, 0.5) is 10.5 Å². The van der Waals surface area contributed by atoms with Crippen molar-refractivity contribution in [2.45, 2.75) is 18.2 Å². The van der Waals surface area contributed by atoms with Gasteiger partial charge < -0.3 is 4.74 Å². The van der Waals surface area contributed by atoms with E-state index in [0.29, 0.717) is 18.7 Å². The molecule has 0 radical (unpaired) electrons. The zero-order chi connectivity index (χ0) is 17.4. The van der Waals surface area contributed by atoms with Crippen LogP contribution in [-0.2, 0) is 21.2 Å². The van der Waals surface area contributed by atoms with Crippen molar-refractivity contribution in [2.24, 2.45) is 0 Å². The van der Waals surface area contributed by atoms with Crippen LogP contribution in [0.2, 0.25) is 0 Å². The Morgan fingerprint density at radius 1 is 1.04 bits per heavy atom. The minimum Gasteiger partial charge on any atom is -0.450 e. The lowest BCUT2D eigenvalue weighted by molar-refractivity contribution is 0.168. The Labute approximate surface area is 141 Å². The van der Waals surface area contributed by atoms with Crippen molar-refractivity contribution in [1.29, 1.82) is 0 Å². The molecule has 0 saturated heterocycles. The van der Waals surface area contributed by atoms with E-state index in [1.54, 1.807) is 6.92 Å². The van der Waals surface area contributed by atoms with E-state index < -0.39 is 16.1 Å². The minimum absolute atomic E-state index is 0.143. The monoisotopic (exact) mass is 348 g/mol. The number of amides is 1. The molecule has 0 aliphatic rings. The summed E-state index contributed by atoms with van der Waals surface area (Å²) in [5, 5.41) is 2.51. The summed E-state index contributed by atoms with van der Waals surface area (Å²) >= 11 is 0. The fourth-order valence-electron chi connectivity index (χ4n) is 2.06. The zero-order valence-corrected chi connectivity index (χ0v) is 14.2. The topological polar surface area (TPSA) is 84.5 Å². The van der Waals surface area contributed by atoms with E-state index in [4.69, 9.17) is 4.74 Å². The molecule has 2 rings (SSSR count). The van der Waals surface area contributed by atoms with Gasteiger partial charge in [-0.15, -0.1) is 0 Å². The highest BCUT2D eigenvalue weighted by molar-refractivity contribution is 7.89. The molecule has 0 aromatic heterocycles. The third kappa shape index (κ3) is 5.36. The molecule has 2 aromatic carbocycles. The van der Waals surface area contributed by atoms with Crippen molar-refractivity contribution in [1.82, 2.24) is 4.72 Å². The Balaban J connectivity index is 1.92. The Kier molecular flexibility index (Phi) is 6.34. The molecule has 0 aliphatic carbocycles. The molecule has 0 fully saturated rings. The normalized spacial score (nSPS) is 11.0. The number of hydrogen-bond donors (Lipinski definition) is 2. The van der Waals surface area contributed by atoms with Crippen molar-refractivity contribution in [3.05, 3.63) is 60.2 Å². The Morgan fingerprint density at radius 3 is 2.33 bits per heavy atom. The average Bonchev–Trinajstić information content (AvgIpc) is 2.56. The summed E-state index contributed by atoms with van der Waals surface area (Å²) in [6, 6.07) is 15.6. The number of nitrogens with one attached hydrogen (secondary N) is 2. The average molecular weight is 348 g/mol. The summed E-state index contributed by atoms with van der Waals surface area (Å²) in [5.41, 5.74) is 1.53. The quantitative estimate of drug-likeness (QED) is 0.806. The lowest BCUT2D eigenvalue weighted by Gasteiger charge is -2.09. The predicted molar refractivity (Wildman–Crippen MR) is 92.4 cm³/mol. The van der Waals surface area contributed by atoms with Gasteiger partial charge in [0.05, 0.1) is 11.5 Å². The SMILES string of the molecule is CCOC(=O)Nc1ccc(S(=O)(=O)NCCc2ccccc2)cc1. The van der Waals surface area contributed by atoms with Gasteiger partial charge in [-0.1, -0.05) is 30.3 Å². The van der Waals surface area contributed by atoms with Crippen molar-refractivity contribution < 1.29 is 17.9 Å². The smallest absolute Gasteiger partial charge is 0.411 e. The Hall–Kier alpha value is -2.38. The van der Waals surface area contributed by atoms with Crippen LogP contribution in [0.25, 0.3) is 0 Å². The van der Waals surface area contributed by atoms with Crippen molar-refractivity contribution in [3.63, 3.8) is 0 Å². The van der Waals surface area contributed by atoms with E-state index in [1.807, 2.05) is 30.3 Å². The molecular weight excluding hydrogens is 328 g/mol. The number of anilines is 1. The molecule has 128 valence electrons. The van der Waals surface area contributed by atoms with Crippen LogP contribution in [0.15, 0.2) is 59.5 Å².